The molecule has 0 radical (unpaired) electrons. The van der Waals surface area contributed by atoms with Crippen molar-refractivity contribution in [2.75, 3.05) is 12.0 Å². The summed E-state index contributed by atoms with van der Waals surface area (Å²) < 4.78 is 24.8. The van der Waals surface area contributed by atoms with Crippen LogP contribution in [0.4, 0.5) is 14.9 Å². The van der Waals surface area contributed by atoms with Crippen LogP contribution in [-0.4, -0.2) is 19.0 Å². The molecule has 3 aromatic rings. The summed E-state index contributed by atoms with van der Waals surface area (Å²) in [5.41, 5.74) is 2.89. The molecule has 34 heavy (non-hydrogen) atoms. The van der Waals surface area contributed by atoms with Gasteiger partial charge in [0.2, 0.25) is 0 Å². The van der Waals surface area contributed by atoms with E-state index in [2.05, 4.69) is 11.9 Å². The summed E-state index contributed by atoms with van der Waals surface area (Å²) in [6.45, 7) is 4.03. The number of amides is 3. The van der Waals surface area contributed by atoms with Crippen molar-refractivity contribution >= 4 is 23.7 Å². The largest absolute Gasteiger partial charge is 0.493 e. The molecule has 1 saturated heterocycles. The maximum Gasteiger partial charge on any atom is 0.333 e. The van der Waals surface area contributed by atoms with Gasteiger partial charge in [-0.25, -0.2) is 14.1 Å². The summed E-state index contributed by atoms with van der Waals surface area (Å²) in [5, 5.41) is 2.63. The Kier molecular flexibility index (Phi) is 6.73. The van der Waals surface area contributed by atoms with Gasteiger partial charge in [-0.2, -0.15) is 0 Å². The second kappa shape index (κ2) is 10.0. The first kappa shape index (κ1) is 22.8. The number of ether oxygens (including phenoxy) is 2. The van der Waals surface area contributed by atoms with Crippen molar-refractivity contribution in [3.63, 3.8) is 0 Å². The quantitative estimate of drug-likeness (QED) is 0.285. The fourth-order valence-corrected chi connectivity index (χ4v) is 3.64. The molecule has 4 rings (SSSR count). The lowest BCUT2D eigenvalue weighted by Crippen LogP contribution is -2.30. The molecule has 0 unspecified atom stereocenters. The van der Waals surface area contributed by atoms with Crippen LogP contribution in [-0.2, 0) is 17.8 Å². The first-order valence-electron chi connectivity index (χ1n) is 10.6. The molecule has 0 saturated carbocycles. The average Bonchev–Trinajstić information content (AvgIpc) is 3.12. The molecule has 1 heterocycles. The minimum Gasteiger partial charge on any atom is -0.493 e. The normalized spacial score (nSPS) is 14.3. The second-order valence-electron chi connectivity index (χ2n) is 7.58. The molecule has 0 spiro atoms. The summed E-state index contributed by atoms with van der Waals surface area (Å²) in [4.78, 5) is 26.4. The van der Waals surface area contributed by atoms with Gasteiger partial charge in [0.05, 0.1) is 12.8 Å². The molecule has 0 bridgehead atoms. The highest BCUT2D eigenvalue weighted by Crippen LogP contribution is 2.35. The van der Waals surface area contributed by atoms with Gasteiger partial charge in [0, 0.05) is 5.56 Å². The highest BCUT2D eigenvalue weighted by molar-refractivity contribution is 6.28. The second-order valence-corrected chi connectivity index (χ2v) is 7.58. The van der Waals surface area contributed by atoms with Crippen LogP contribution >= 0.6 is 0 Å². The number of nitrogens with one attached hydrogen (secondary N) is 1. The molecule has 6 nitrogen and oxygen atoms in total. The van der Waals surface area contributed by atoms with E-state index in [9.17, 15) is 14.0 Å². The maximum atomic E-state index is 13.2. The lowest BCUT2D eigenvalue weighted by atomic mass is 10.0. The molecule has 0 aromatic heterocycles. The zero-order valence-electron chi connectivity index (χ0n) is 18.6. The lowest BCUT2D eigenvalue weighted by molar-refractivity contribution is -0.113. The number of allylic oxidation sites excluding steroid dienone is 1. The molecule has 172 valence electrons. The van der Waals surface area contributed by atoms with E-state index >= 15 is 0 Å². The van der Waals surface area contributed by atoms with Gasteiger partial charge in [0.15, 0.2) is 11.5 Å². The minimum atomic E-state index is -0.514. The van der Waals surface area contributed by atoms with E-state index in [1.54, 1.807) is 54.6 Å². The van der Waals surface area contributed by atoms with Crippen molar-refractivity contribution in [1.82, 2.24) is 5.32 Å². The predicted molar refractivity (Wildman–Crippen MR) is 128 cm³/mol. The smallest absolute Gasteiger partial charge is 0.333 e. The third-order valence-electron chi connectivity index (χ3n) is 5.24. The molecule has 1 N–H and O–H groups in total. The van der Waals surface area contributed by atoms with Gasteiger partial charge in [0.25, 0.3) is 5.91 Å². The van der Waals surface area contributed by atoms with Gasteiger partial charge in [-0.3, -0.25) is 4.79 Å². The first-order chi connectivity index (χ1) is 16.5. The Labute approximate surface area is 196 Å². The van der Waals surface area contributed by atoms with Crippen LogP contribution in [0.15, 0.2) is 85.1 Å². The van der Waals surface area contributed by atoms with E-state index in [0.29, 0.717) is 29.2 Å². The van der Waals surface area contributed by atoms with Gasteiger partial charge in [-0.15, -0.1) is 6.58 Å². The van der Waals surface area contributed by atoms with Crippen molar-refractivity contribution < 1.29 is 23.5 Å². The van der Waals surface area contributed by atoms with Crippen molar-refractivity contribution in [3.8, 4) is 11.5 Å². The van der Waals surface area contributed by atoms with E-state index in [1.165, 1.54) is 19.2 Å². The molecule has 3 aromatic carbocycles. The summed E-state index contributed by atoms with van der Waals surface area (Å²) >= 11 is 0. The van der Waals surface area contributed by atoms with Gasteiger partial charge >= 0.3 is 6.03 Å². The number of halogens is 1. The fraction of sp³-hybridized carbons (Fsp3) is 0.111. The Morgan fingerprint density at radius 2 is 1.79 bits per heavy atom. The number of carbonyl (C=O) groups excluding carboxylic acids is 2. The van der Waals surface area contributed by atoms with Crippen LogP contribution in [0.1, 0.15) is 16.7 Å². The highest BCUT2D eigenvalue weighted by Gasteiger charge is 2.34. The number of hydrogen-bond acceptors (Lipinski definition) is 4. The number of anilines is 1. The number of nitrogens with zero attached hydrogens (tertiary/aromatic N) is 1. The average molecular weight is 458 g/mol. The van der Waals surface area contributed by atoms with Crippen LogP contribution in [0.3, 0.4) is 0 Å². The number of benzene rings is 3. The summed E-state index contributed by atoms with van der Waals surface area (Å²) in [5.74, 6) is 0.231. The minimum absolute atomic E-state index is 0.153. The summed E-state index contributed by atoms with van der Waals surface area (Å²) in [6.07, 6.45) is 3.82. The van der Waals surface area contributed by atoms with Gasteiger partial charge in [-0.1, -0.05) is 36.4 Å². The standard InChI is InChI=1S/C27H23FN2O4/c1-3-7-20-14-19(15-23-26(31)30(27(32)29-23)22-8-5-4-6-9-22)16-24(33-2)25(20)34-17-18-10-12-21(28)13-11-18/h3-6,8-16H,1,7,17H2,2H3,(H,29,32)/b23-15+. The van der Waals surface area contributed by atoms with Crippen LogP contribution < -0.4 is 19.7 Å². The Balaban J connectivity index is 1.63. The number of urea groups is 1. The van der Waals surface area contributed by atoms with Gasteiger partial charge in [-0.05, 0) is 60.0 Å². The molecule has 1 fully saturated rings. The lowest BCUT2D eigenvalue weighted by Gasteiger charge is -2.16. The monoisotopic (exact) mass is 458 g/mol. The molecule has 0 aliphatic carbocycles. The molecular weight excluding hydrogens is 435 g/mol. The van der Waals surface area contributed by atoms with E-state index in [0.717, 1.165) is 16.0 Å². The van der Waals surface area contributed by atoms with Crippen LogP contribution in [0.5, 0.6) is 11.5 Å². The molecule has 3 amide bonds. The number of imide groups is 1. The third-order valence-corrected chi connectivity index (χ3v) is 5.24. The number of para-hydroxylation sites is 1. The third kappa shape index (κ3) is 4.83. The fourth-order valence-electron chi connectivity index (χ4n) is 3.64. The Hall–Kier alpha value is -4.39. The van der Waals surface area contributed by atoms with E-state index < -0.39 is 11.9 Å². The number of carbonyl (C=O) groups is 2. The van der Waals surface area contributed by atoms with E-state index in [-0.39, 0.29) is 18.1 Å². The van der Waals surface area contributed by atoms with Gasteiger partial charge in [0.1, 0.15) is 18.1 Å². The first-order valence-corrected chi connectivity index (χ1v) is 10.6. The summed E-state index contributed by atoms with van der Waals surface area (Å²) in [7, 11) is 1.52. The molecular formula is C27H23FN2O4. The molecule has 0 atom stereocenters. The van der Waals surface area contributed by atoms with Crippen molar-refractivity contribution in [3.05, 3.63) is 108 Å². The number of hydrogen-bond donors (Lipinski definition) is 1. The number of methoxy groups -OCH3 is 1. The molecule has 1 aliphatic rings. The van der Waals surface area contributed by atoms with E-state index in [1.807, 2.05) is 12.1 Å². The Bertz CT molecular complexity index is 1250. The van der Waals surface area contributed by atoms with E-state index in [4.69, 9.17) is 9.47 Å². The topological polar surface area (TPSA) is 67.9 Å². The zero-order valence-corrected chi connectivity index (χ0v) is 18.6. The zero-order chi connectivity index (χ0) is 24.1. The van der Waals surface area contributed by atoms with Crippen LogP contribution in [0, 0.1) is 5.82 Å². The highest BCUT2D eigenvalue weighted by atomic mass is 19.1. The Morgan fingerprint density at radius 1 is 1.06 bits per heavy atom. The molecule has 7 heteroatoms. The van der Waals surface area contributed by atoms with Crippen LogP contribution in [0.2, 0.25) is 0 Å². The predicted octanol–water partition coefficient (Wildman–Crippen LogP) is 5.24. The van der Waals surface area contributed by atoms with Gasteiger partial charge < -0.3 is 14.8 Å². The van der Waals surface area contributed by atoms with Crippen LogP contribution in [0.25, 0.3) is 6.08 Å². The summed E-state index contributed by atoms with van der Waals surface area (Å²) in [6, 6.07) is 17.8. The SMILES string of the molecule is C=CCc1cc(/C=C2/NC(=O)N(c3ccccc3)C2=O)cc(OC)c1OCc1ccc(F)cc1. The van der Waals surface area contributed by atoms with Crippen molar-refractivity contribution in [2.24, 2.45) is 0 Å². The van der Waals surface area contributed by atoms with Crippen molar-refractivity contribution in [2.45, 2.75) is 13.0 Å². The van der Waals surface area contributed by atoms with Crippen molar-refractivity contribution in [1.29, 1.82) is 0 Å². The Morgan fingerprint density at radius 3 is 2.47 bits per heavy atom. The maximum absolute atomic E-state index is 13.2. The number of rotatable bonds is 8. The molecule has 1 aliphatic heterocycles.